The first-order valence-corrected chi connectivity index (χ1v) is 15.9. The smallest absolute Gasteiger partial charge is 0.224 e. The van der Waals surface area contributed by atoms with Gasteiger partial charge in [-0.3, -0.25) is 9.69 Å². The van der Waals surface area contributed by atoms with Crippen LogP contribution in [0.4, 0.5) is 17.1 Å². The van der Waals surface area contributed by atoms with Crippen LogP contribution in [0.2, 0.25) is 0 Å². The molecule has 2 aromatic rings. The van der Waals surface area contributed by atoms with E-state index in [1.807, 2.05) is 18.2 Å². The number of hydrogen-bond donors (Lipinski definition) is 5. The number of rotatable bonds is 17. The normalized spacial score (nSPS) is 17.3. The summed E-state index contributed by atoms with van der Waals surface area (Å²) in [6, 6.07) is 16.5. The second kappa shape index (κ2) is 16.7. The molecule has 6 N–H and O–H groups in total. The van der Waals surface area contributed by atoms with Crippen molar-refractivity contribution in [2.75, 3.05) is 61.8 Å². The zero-order chi connectivity index (χ0) is 30.4. The van der Waals surface area contributed by atoms with Crippen molar-refractivity contribution in [2.24, 2.45) is 0 Å². The van der Waals surface area contributed by atoms with Gasteiger partial charge in [0, 0.05) is 78.9 Å². The number of nitrogen functional groups attached to an aromatic ring is 1. The topological polar surface area (TPSA) is 97.7 Å². The highest BCUT2D eigenvalue weighted by Crippen LogP contribution is 2.25. The van der Waals surface area contributed by atoms with Crippen LogP contribution in [-0.4, -0.2) is 62.7 Å². The van der Waals surface area contributed by atoms with Crippen LogP contribution in [-0.2, 0) is 4.79 Å². The molecule has 1 unspecified atom stereocenters. The molecular formula is C35H51N7O. The van der Waals surface area contributed by atoms with E-state index in [9.17, 15) is 4.79 Å². The fraction of sp³-hybridized carbons (Fsp3) is 0.457. The van der Waals surface area contributed by atoms with E-state index >= 15 is 0 Å². The van der Waals surface area contributed by atoms with E-state index in [2.05, 4.69) is 81.1 Å². The lowest BCUT2D eigenvalue weighted by Gasteiger charge is -2.36. The third kappa shape index (κ3) is 10.4. The third-order valence-corrected chi connectivity index (χ3v) is 8.38. The van der Waals surface area contributed by atoms with Crippen molar-refractivity contribution in [2.45, 2.75) is 57.4 Å². The minimum atomic E-state index is -0.0583. The van der Waals surface area contributed by atoms with Gasteiger partial charge in [0.1, 0.15) is 0 Å². The molecule has 2 aliphatic heterocycles. The molecule has 1 amide bonds. The molecule has 0 bridgehead atoms. The fourth-order valence-electron chi connectivity index (χ4n) is 5.73. The number of benzene rings is 2. The van der Waals surface area contributed by atoms with Crippen molar-refractivity contribution in [3.8, 4) is 0 Å². The molecular weight excluding hydrogens is 534 g/mol. The molecule has 0 aromatic heterocycles. The lowest BCUT2D eigenvalue weighted by atomic mass is 10.0. The van der Waals surface area contributed by atoms with Crippen LogP contribution in [0, 0.1) is 0 Å². The van der Waals surface area contributed by atoms with Gasteiger partial charge in [-0.1, -0.05) is 63.6 Å². The number of nitrogens with zero attached hydrogens (tertiary/aromatic N) is 2. The van der Waals surface area contributed by atoms with E-state index < -0.39 is 0 Å². The highest BCUT2D eigenvalue weighted by molar-refractivity contribution is 5.80. The van der Waals surface area contributed by atoms with Crippen molar-refractivity contribution in [3.05, 3.63) is 85.2 Å². The number of nitrogens with one attached hydrogen (secondary N) is 4. The zero-order valence-electron chi connectivity index (χ0n) is 25.8. The van der Waals surface area contributed by atoms with Gasteiger partial charge in [0.2, 0.25) is 5.91 Å². The zero-order valence-corrected chi connectivity index (χ0v) is 25.8. The SMILES string of the molecule is C=C(CNc1ccc(N)c(C(=C)NC2CCC(=O)NC2=C)c1)NCCCCCCCCN1CCN(c2ccccc2)CC1. The number of anilines is 3. The molecule has 0 saturated carbocycles. The Morgan fingerprint density at radius 1 is 0.953 bits per heavy atom. The van der Waals surface area contributed by atoms with Gasteiger partial charge in [0.25, 0.3) is 0 Å². The summed E-state index contributed by atoms with van der Waals surface area (Å²) in [6.45, 7) is 19.7. The van der Waals surface area contributed by atoms with Crippen LogP contribution >= 0.6 is 0 Å². The van der Waals surface area contributed by atoms with E-state index in [-0.39, 0.29) is 11.9 Å². The maximum atomic E-state index is 11.6. The average Bonchev–Trinajstić information content (AvgIpc) is 3.02. The van der Waals surface area contributed by atoms with Gasteiger partial charge in [0.05, 0.1) is 12.6 Å². The monoisotopic (exact) mass is 585 g/mol. The summed E-state index contributed by atoms with van der Waals surface area (Å²) in [5.41, 5.74) is 12.4. The summed E-state index contributed by atoms with van der Waals surface area (Å²) in [7, 11) is 0. The molecule has 1 atom stereocenters. The van der Waals surface area contributed by atoms with Crippen LogP contribution in [0.1, 0.15) is 56.9 Å². The van der Waals surface area contributed by atoms with Gasteiger partial charge in [0.15, 0.2) is 0 Å². The minimum absolute atomic E-state index is 0.00332. The Morgan fingerprint density at radius 3 is 2.42 bits per heavy atom. The first-order valence-electron chi connectivity index (χ1n) is 15.9. The predicted octanol–water partition coefficient (Wildman–Crippen LogP) is 5.30. The number of para-hydroxylation sites is 1. The van der Waals surface area contributed by atoms with E-state index in [1.165, 1.54) is 57.4 Å². The molecule has 2 fully saturated rings. The Balaban J connectivity index is 1.02. The molecule has 4 rings (SSSR count). The van der Waals surface area contributed by atoms with Crippen LogP contribution in [0.3, 0.4) is 0 Å². The number of unbranched alkanes of at least 4 members (excludes halogenated alkanes) is 5. The lowest BCUT2D eigenvalue weighted by Crippen LogP contribution is -2.46. The maximum Gasteiger partial charge on any atom is 0.224 e. The largest absolute Gasteiger partial charge is 0.398 e. The molecule has 8 nitrogen and oxygen atoms in total. The minimum Gasteiger partial charge on any atom is -0.398 e. The van der Waals surface area contributed by atoms with Gasteiger partial charge >= 0.3 is 0 Å². The van der Waals surface area contributed by atoms with Gasteiger partial charge in [-0.15, -0.1) is 0 Å². The molecule has 2 saturated heterocycles. The van der Waals surface area contributed by atoms with Gasteiger partial charge in [-0.05, 0) is 56.1 Å². The molecule has 0 aliphatic carbocycles. The highest BCUT2D eigenvalue weighted by atomic mass is 16.1. The van der Waals surface area contributed by atoms with Crippen molar-refractivity contribution in [1.29, 1.82) is 0 Å². The number of piperidine rings is 1. The highest BCUT2D eigenvalue weighted by Gasteiger charge is 2.22. The Morgan fingerprint density at radius 2 is 1.67 bits per heavy atom. The van der Waals surface area contributed by atoms with Crippen LogP contribution in [0.15, 0.2) is 79.7 Å². The summed E-state index contributed by atoms with van der Waals surface area (Å²) in [5, 5.41) is 13.1. The molecule has 2 heterocycles. The Hall–Kier alpha value is -3.91. The summed E-state index contributed by atoms with van der Waals surface area (Å²) < 4.78 is 0. The van der Waals surface area contributed by atoms with Crippen LogP contribution < -0.4 is 31.9 Å². The van der Waals surface area contributed by atoms with Crippen molar-refractivity contribution >= 4 is 28.7 Å². The first-order chi connectivity index (χ1) is 20.9. The van der Waals surface area contributed by atoms with E-state index in [0.717, 1.165) is 43.0 Å². The molecule has 232 valence electrons. The van der Waals surface area contributed by atoms with Gasteiger partial charge in [-0.25, -0.2) is 0 Å². The van der Waals surface area contributed by atoms with Gasteiger partial charge < -0.3 is 31.9 Å². The van der Waals surface area contributed by atoms with E-state index in [1.54, 1.807) is 0 Å². The Bertz CT molecular complexity index is 1220. The number of nitrogens with two attached hydrogens (primary N) is 1. The Labute approximate surface area is 258 Å². The van der Waals surface area contributed by atoms with Crippen LogP contribution in [0.5, 0.6) is 0 Å². The fourth-order valence-corrected chi connectivity index (χ4v) is 5.73. The average molecular weight is 586 g/mol. The number of piperazine rings is 1. The molecule has 2 aliphatic rings. The van der Waals surface area contributed by atoms with Crippen molar-refractivity contribution < 1.29 is 4.79 Å². The third-order valence-electron chi connectivity index (χ3n) is 8.38. The van der Waals surface area contributed by atoms with E-state index in [4.69, 9.17) is 5.73 Å². The quantitative estimate of drug-likeness (QED) is 0.127. The van der Waals surface area contributed by atoms with Crippen LogP contribution in [0.25, 0.3) is 5.70 Å². The summed E-state index contributed by atoms with van der Waals surface area (Å²) in [4.78, 5) is 16.7. The summed E-state index contributed by atoms with van der Waals surface area (Å²) in [5.74, 6) is 0.00332. The number of carbonyl (C=O) groups is 1. The molecule has 0 radical (unpaired) electrons. The van der Waals surface area contributed by atoms with Crippen molar-refractivity contribution in [3.63, 3.8) is 0 Å². The Kier molecular flexibility index (Phi) is 12.4. The van der Waals surface area contributed by atoms with Gasteiger partial charge in [-0.2, -0.15) is 0 Å². The standard InChI is InChI=1S/C35H51N7O/c1-27(26-38-30-15-16-33(36)32(25-30)28(2)39-34-17-18-35(43)40-29(34)3)37-19-11-6-4-5-7-12-20-41-21-23-42(24-22-41)31-13-9-8-10-14-31/h8-10,13-16,25,34,37-39H,1-7,11-12,17-24,26,36H2,(H,40,43). The summed E-state index contributed by atoms with van der Waals surface area (Å²) in [6.07, 6.45) is 8.78. The lowest BCUT2D eigenvalue weighted by molar-refractivity contribution is -0.121. The molecule has 0 spiro atoms. The van der Waals surface area contributed by atoms with Crippen molar-refractivity contribution in [1.82, 2.24) is 20.9 Å². The second-order valence-electron chi connectivity index (χ2n) is 11.8. The number of amides is 1. The maximum absolute atomic E-state index is 11.6. The number of hydrogen-bond acceptors (Lipinski definition) is 7. The predicted molar refractivity (Wildman–Crippen MR) is 182 cm³/mol. The molecule has 2 aromatic carbocycles. The first kappa shape index (κ1) is 32.0. The van der Waals surface area contributed by atoms with E-state index in [0.29, 0.717) is 36.5 Å². The second-order valence-corrected chi connectivity index (χ2v) is 11.8. The molecule has 43 heavy (non-hydrogen) atoms. The molecule has 8 heteroatoms. The number of carbonyl (C=O) groups excluding carboxylic acids is 1. The summed E-state index contributed by atoms with van der Waals surface area (Å²) >= 11 is 0.